The third kappa shape index (κ3) is 4.52. The largest absolute Gasteiger partial charge is 0.403 e. The van der Waals surface area contributed by atoms with E-state index in [-0.39, 0.29) is 6.04 Å². The van der Waals surface area contributed by atoms with E-state index in [9.17, 15) is 0 Å². The van der Waals surface area contributed by atoms with E-state index >= 15 is 0 Å². The van der Waals surface area contributed by atoms with Crippen LogP contribution in [0.1, 0.15) is 105 Å². The number of benzene rings is 2. The number of hydrogen-bond acceptors (Lipinski definition) is 2. The molecule has 0 fully saturated rings. The highest BCUT2D eigenvalue weighted by molar-refractivity contribution is 5.44. The van der Waals surface area contributed by atoms with Crippen LogP contribution in [0.4, 0.5) is 0 Å². The van der Waals surface area contributed by atoms with Crippen LogP contribution in [-0.2, 0) is 12.8 Å². The predicted molar refractivity (Wildman–Crippen MR) is 125 cm³/mol. The summed E-state index contributed by atoms with van der Waals surface area (Å²) >= 11 is 0. The average molecular weight is 391 g/mol. The summed E-state index contributed by atoms with van der Waals surface area (Å²) in [4.78, 5) is 0. The van der Waals surface area contributed by atoms with Gasteiger partial charge in [0, 0.05) is 12.4 Å². The van der Waals surface area contributed by atoms with E-state index in [4.69, 9.17) is 5.73 Å². The Morgan fingerprint density at radius 2 is 1.76 bits per heavy atom. The lowest BCUT2D eigenvalue weighted by Crippen LogP contribution is -2.23. The minimum absolute atomic E-state index is 0.282. The van der Waals surface area contributed by atoms with E-state index in [0.29, 0.717) is 17.8 Å². The van der Waals surface area contributed by atoms with Gasteiger partial charge in [-0.2, -0.15) is 0 Å². The van der Waals surface area contributed by atoms with Crippen molar-refractivity contribution in [2.45, 2.75) is 84.1 Å². The molecular formula is C27H38N2. The Morgan fingerprint density at radius 1 is 1.07 bits per heavy atom. The lowest BCUT2D eigenvalue weighted by Gasteiger charge is -2.31. The molecule has 29 heavy (non-hydrogen) atoms. The number of nitrogens with two attached hydrogens (primary N) is 1. The molecule has 2 nitrogen and oxygen atoms in total. The zero-order valence-corrected chi connectivity index (χ0v) is 18.8. The number of rotatable bonds is 4. The van der Waals surface area contributed by atoms with Gasteiger partial charge in [0.05, 0.1) is 6.04 Å². The van der Waals surface area contributed by atoms with E-state index < -0.39 is 0 Å². The van der Waals surface area contributed by atoms with Gasteiger partial charge in [0.2, 0.25) is 0 Å². The van der Waals surface area contributed by atoms with Gasteiger partial charge < -0.3 is 11.1 Å². The summed E-state index contributed by atoms with van der Waals surface area (Å²) in [6, 6.07) is 14.1. The number of hydrogen-bond donors (Lipinski definition) is 2. The summed E-state index contributed by atoms with van der Waals surface area (Å²) in [5.41, 5.74) is 14.8. The summed E-state index contributed by atoms with van der Waals surface area (Å²) in [6.45, 7) is 11.7. The van der Waals surface area contributed by atoms with Crippen molar-refractivity contribution in [3.63, 3.8) is 0 Å². The summed E-state index contributed by atoms with van der Waals surface area (Å²) in [6.07, 6.45) is 7.93. The molecule has 1 aliphatic rings. The third-order valence-electron chi connectivity index (χ3n) is 6.68. The van der Waals surface area contributed by atoms with Gasteiger partial charge in [-0.25, -0.2) is 0 Å². The summed E-state index contributed by atoms with van der Waals surface area (Å²) in [7, 11) is 0. The molecular weight excluding hydrogens is 352 g/mol. The first-order valence-electron chi connectivity index (χ1n) is 11.3. The van der Waals surface area contributed by atoms with Crippen LogP contribution in [-0.4, -0.2) is 0 Å². The van der Waals surface area contributed by atoms with Crippen LogP contribution >= 0.6 is 0 Å². The fourth-order valence-electron chi connectivity index (χ4n) is 5.27. The topological polar surface area (TPSA) is 38.0 Å². The molecule has 0 aromatic heterocycles. The van der Waals surface area contributed by atoms with Crippen LogP contribution in [0.5, 0.6) is 0 Å². The Balaban J connectivity index is 2.14. The number of nitrogens with one attached hydrogen (secondary N) is 1. The molecule has 0 bridgehead atoms. The molecule has 0 spiro atoms. The van der Waals surface area contributed by atoms with Crippen molar-refractivity contribution in [1.82, 2.24) is 5.32 Å². The van der Waals surface area contributed by atoms with Crippen molar-refractivity contribution in [2.24, 2.45) is 5.73 Å². The van der Waals surface area contributed by atoms with Gasteiger partial charge >= 0.3 is 0 Å². The second kappa shape index (κ2) is 9.52. The van der Waals surface area contributed by atoms with Gasteiger partial charge in [-0.3, -0.25) is 0 Å². The minimum Gasteiger partial charge on any atom is -0.403 e. The predicted octanol–water partition coefficient (Wildman–Crippen LogP) is 6.68. The van der Waals surface area contributed by atoms with Crippen LogP contribution in [0.25, 0.3) is 0 Å². The Hall–Kier alpha value is -2.22. The monoisotopic (exact) mass is 390 g/mol. The SMILES string of the molecule is CCc1cccc2c1C(N/C=C\N)CCc1c(C(C)C)cccc1C(C)CC2C. The van der Waals surface area contributed by atoms with Crippen molar-refractivity contribution >= 4 is 0 Å². The standard InChI is InChI=1S/C27H38N2/c1-6-21-9-7-12-24-20(5)17-19(4)23-11-8-10-22(18(2)3)25(23)13-14-26(27(21)24)29-16-15-28/h7-12,15-16,18-20,26,29H,6,13-14,17,28H2,1-5H3/b16-15-. The highest BCUT2D eigenvalue weighted by Crippen LogP contribution is 2.40. The van der Waals surface area contributed by atoms with Crippen LogP contribution in [0.2, 0.25) is 0 Å². The van der Waals surface area contributed by atoms with Crippen LogP contribution in [0, 0.1) is 0 Å². The van der Waals surface area contributed by atoms with Crippen LogP contribution < -0.4 is 11.1 Å². The molecule has 0 saturated carbocycles. The fourth-order valence-corrected chi connectivity index (χ4v) is 5.27. The molecule has 156 valence electrons. The van der Waals surface area contributed by atoms with Gasteiger partial charge in [-0.15, -0.1) is 0 Å². The van der Waals surface area contributed by atoms with E-state index in [1.165, 1.54) is 28.7 Å². The molecule has 0 aliphatic heterocycles. The van der Waals surface area contributed by atoms with Gasteiger partial charge in [-0.05, 0) is 76.8 Å². The van der Waals surface area contributed by atoms with Crippen molar-refractivity contribution in [2.75, 3.05) is 0 Å². The lowest BCUT2D eigenvalue weighted by molar-refractivity contribution is 0.520. The molecule has 1 aliphatic carbocycles. The average Bonchev–Trinajstić information content (AvgIpc) is 2.72. The fraction of sp³-hybridized carbons (Fsp3) is 0.481. The molecule has 0 saturated heterocycles. The first kappa shape index (κ1) is 21.5. The summed E-state index contributed by atoms with van der Waals surface area (Å²) in [5.74, 6) is 1.63. The molecule has 2 aromatic rings. The van der Waals surface area contributed by atoms with Crippen LogP contribution in [0.15, 0.2) is 48.8 Å². The van der Waals surface area contributed by atoms with Crippen molar-refractivity contribution in [3.05, 3.63) is 82.2 Å². The number of aryl methyl sites for hydroxylation is 1. The Labute approximate surface area is 177 Å². The maximum atomic E-state index is 5.70. The first-order valence-corrected chi connectivity index (χ1v) is 11.3. The third-order valence-corrected chi connectivity index (χ3v) is 6.68. The van der Waals surface area contributed by atoms with E-state index in [0.717, 1.165) is 19.3 Å². The maximum Gasteiger partial charge on any atom is 0.0517 e. The summed E-state index contributed by atoms with van der Waals surface area (Å²) < 4.78 is 0. The van der Waals surface area contributed by atoms with Gasteiger partial charge in [-0.1, -0.05) is 71.0 Å². The van der Waals surface area contributed by atoms with Crippen molar-refractivity contribution in [3.8, 4) is 0 Å². The highest BCUT2D eigenvalue weighted by Gasteiger charge is 2.26. The minimum atomic E-state index is 0.282. The molecule has 0 heterocycles. The summed E-state index contributed by atoms with van der Waals surface area (Å²) in [5, 5.41) is 3.62. The Bertz CT molecular complexity index is 850. The first-order chi connectivity index (χ1) is 14.0. The lowest BCUT2D eigenvalue weighted by atomic mass is 9.76. The van der Waals surface area contributed by atoms with E-state index in [2.05, 4.69) is 76.3 Å². The zero-order valence-electron chi connectivity index (χ0n) is 18.8. The van der Waals surface area contributed by atoms with Gasteiger partial charge in [0.1, 0.15) is 0 Å². The van der Waals surface area contributed by atoms with E-state index in [1.54, 1.807) is 17.3 Å². The molecule has 0 amide bonds. The maximum absolute atomic E-state index is 5.70. The van der Waals surface area contributed by atoms with Crippen molar-refractivity contribution < 1.29 is 0 Å². The second-order valence-electron chi connectivity index (χ2n) is 9.00. The van der Waals surface area contributed by atoms with E-state index in [1.807, 2.05) is 6.20 Å². The molecule has 3 atom stereocenters. The normalized spacial score (nSPS) is 22.3. The number of fused-ring (bicyclic) bond motifs is 2. The van der Waals surface area contributed by atoms with Gasteiger partial charge in [0.15, 0.2) is 0 Å². The quantitative estimate of drug-likeness (QED) is 0.611. The zero-order chi connectivity index (χ0) is 21.0. The molecule has 3 N–H and O–H groups in total. The second-order valence-corrected chi connectivity index (χ2v) is 9.00. The molecule has 0 radical (unpaired) electrons. The Morgan fingerprint density at radius 3 is 2.45 bits per heavy atom. The van der Waals surface area contributed by atoms with Crippen molar-refractivity contribution in [1.29, 1.82) is 0 Å². The molecule has 2 heteroatoms. The molecule has 3 rings (SSSR count). The highest BCUT2D eigenvalue weighted by atomic mass is 14.9. The molecule has 3 unspecified atom stereocenters. The van der Waals surface area contributed by atoms with Gasteiger partial charge in [0.25, 0.3) is 0 Å². The van der Waals surface area contributed by atoms with Crippen LogP contribution in [0.3, 0.4) is 0 Å². The Kier molecular flexibility index (Phi) is 7.05. The molecule has 2 aromatic carbocycles. The smallest absolute Gasteiger partial charge is 0.0517 e.